The van der Waals surface area contributed by atoms with Crippen molar-refractivity contribution in [3.05, 3.63) is 51.8 Å². The number of hydrogen-bond donors (Lipinski definition) is 1. The highest BCUT2D eigenvalue weighted by atomic mass is 35.5. The van der Waals surface area contributed by atoms with Gasteiger partial charge in [-0.05, 0) is 25.1 Å². The number of hydrogen-bond acceptors (Lipinski definition) is 3. The summed E-state index contributed by atoms with van der Waals surface area (Å²) in [6.07, 6.45) is 1.58. The fourth-order valence-corrected chi connectivity index (χ4v) is 2.64. The summed E-state index contributed by atoms with van der Waals surface area (Å²) < 4.78 is 1.70. The van der Waals surface area contributed by atoms with Crippen LogP contribution >= 0.6 is 23.2 Å². The lowest BCUT2D eigenvalue weighted by molar-refractivity contribution is 0.102. The van der Waals surface area contributed by atoms with Gasteiger partial charge in [0.15, 0.2) is 5.65 Å². The minimum absolute atomic E-state index is 0.230. The molecule has 3 rings (SSSR count). The molecule has 7 heteroatoms. The molecule has 0 spiro atoms. The molecule has 0 aliphatic rings. The van der Waals surface area contributed by atoms with Crippen LogP contribution in [0.4, 0.5) is 5.69 Å². The van der Waals surface area contributed by atoms with Crippen LogP contribution in [-0.2, 0) is 7.05 Å². The number of benzene rings is 1. The maximum absolute atomic E-state index is 12.3. The van der Waals surface area contributed by atoms with Crippen LogP contribution in [0, 0.1) is 6.92 Å². The number of halogens is 2. The van der Waals surface area contributed by atoms with Crippen LogP contribution in [0.25, 0.3) is 11.0 Å². The topological polar surface area (TPSA) is 59.8 Å². The Hall–Kier alpha value is -2.11. The maximum atomic E-state index is 12.3. The molecule has 0 saturated carbocycles. The van der Waals surface area contributed by atoms with Gasteiger partial charge in [-0.3, -0.25) is 9.48 Å². The molecule has 0 fully saturated rings. The Bertz CT molecular complexity index is 889. The summed E-state index contributed by atoms with van der Waals surface area (Å²) in [7, 11) is 1.83. The Morgan fingerprint density at radius 1 is 1.32 bits per heavy atom. The molecule has 1 N–H and O–H groups in total. The molecular weight excluding hydrogens is 323 g/mol. The normalized spacial score (nSPS) is 10.9. The number of amides is 1. The number of rotatable bonds is 2. The second kappa shape index (κ2) is 5.59. The van der Waals surface area contributed by atoms with Crippen molar-refractivity contribution in [2.75, 3.05) is 5.32 Å². The SMILES string of the molecule is Cc1nn(C)c2ncc(NC(=O)c3cccc(Cl)c3Cl)cc12. The summed E-state index contributed by atoms with van der Waals surface area (Å²) in [4.78, 5) is 16.6. The van der Waals surface area contributed by atoms with E-state index < -0.39 is 0 Å². The van der Waals surface area contributed by atoms with Crippen LogP contribution in [0.3, 0.4) is 0 Å². The Kier molecular flexibility index (Phi) is 3.76. The van der Waals surface area contributed by atoms with Crippen LogP contribution in [0.1, 0.15) is 16.1 Å². The molecule has 5 nitrogen and oxygen atoms in total. The first kappa shape index (κ1) is 14.8. The van der Waals surface area contributed by atoms with Crippen molar-refractivity contribution < 1.29 is 4.79 Å². The lowest BCUT2D eigenvalue weighted by Crippen LogP contribution is -2.12. The highest BCUT2D eigenvalue weighted by Crippen LogP contribution is 2.26. The quantitative estimate of drug-likeness (QED) is 0.774. The Morgan fingerprint density at radius 3 is 2.86 bits per heavy atom. The lowest BCUT2D eigenvalue weighted by Gasteiger charge is -2.07. The molecule has 1 aromatic carbocycles. The summed E-state index contributed by atoms with van der Waals surface area (Å²) in [5.74, 6) is -0.338. The Balaban J connectivity index is 1.94. The third-order valence-electron chi connectivity index (χ3n) is 3.32. The first-order valence-corrected chi connectivity index (χ1v) is 7.27. The van der Waals surface area contributed by atoms with Gasteiger partial charge in [0.05, 0.1) is 33.2 Å². The van der Waals surface area contributed by atoms with Crippen LogP contribution in [-0.4, -0.2) is 20.7 Å². The van der Waals surface area contributed by atoms with Crippen LogP contribution in [0.5, 0.6) is 0 Å². The van der Waals surface area contributed by atoms with Crippen molar-refractivity contribution in [3.63, 3.8) is 0 Å². The van der Waals surface area contributed by atoms with Gasteiger partial charge >= 0.3 is 0 Å². The van der Waals surface area contributed by atoms with Gasteiger partial charge in [0.2, 0.25) is 0 Å². The van der Waals surface area contributed by atoms with Crippen molar-refractivity contribution >= 4 is 45.8 Å². The minimum atomic E-state index is -0.338. The summed E-state index contributed by atoms with van der Waals surface area (Å²) in [6, 6.07) is 6.76. The fraction of sp³-hybridized carbons (Fsp3) is 0.133. The van der Waals surface area contributed by atoms with Crippen LogP contribution in [0.2, 0.25) is 10.0 Å². The van der Waals surface area contributed by atoms with Gasteiger partial charge in [0, 0.05) is 12.4 Å². The average molecular weight is 335 g/mol. The zero-order chi connectivity index (χ0) is 15.9. The van der Waals surface area contributed by atoms with E-state index in [2.05, 4.69) is 15.4 Å². The van der Waals surface area contributed by atoms with Crippen molar-refractivity contribution in [2.24, 2.45) is 7.05 Å². The van der Waals surface area contributed by atoms with Crippen molar-refractivity contribution in [3.8, 4) is 0 Å². The molecule has 0 bridgehead atoms. The number of aryl methyl sites for hydroxylation is 2. The molecule has 0 aliphatic heterocycles. The number of aromatic nitrogens is 3. The Morgan fingerprint density at radius 2 is 2.09 bits per heavy atom. The van der Waals surface area contributed by atoms with Gasteiger partial charge in [0.1, 0.15) is 0 Å². The summed E-state index contributed by atoms with van der Waals surface area (Å²) in [6.45, 7) is 1.89. The van der Waals surface area contributed by atoms with Gasteiger partial charge in [-0.1, -0.05) is 29.3 Å². The van der Waals surface area contributed by atoms with E-state index in [0.29, 0.717) is 16.3 Å². The predicted molar refractivity (Wildman–Crippen MR) is 87.7 cm³/mol. The third kappa shape index (κ3) is 2.53. The fourth-order valence-electron chi connectivity index (χ4n) is 2.25. The zero-order valence-corrected chi connectivity index (χ0v) is 13.4. The van der Waals surface area contributed by atoms with Crippen LogP contribution < -0.4 is 5.32 Å². The first-order chi connectivity index (χ1) is 10.5. The number of carbonyl (C=O) groups excluding carboxylic acids is 1. The van der Waals surface area contributed by atoms with Gasteiger partial charge in [0.25, 0.3) is 5.91 Å². The van der Waals surface area contributed by atoms with Gasteiger partial charge in [-0.2, -0.15) is 5.10 Å². The lowest BCUT2D eigenvalue weighted by atomic mass is 10.2. The van der Waals surface area contributed by atoms with Gasteiger partial charge in [-0.15, -0.1) is 0 Å². The maximum Gasteiger partial charge on any atom is 0.257 e. The molecular formula is C15H12Cl2N4O. The minimum Gasteiger partial charge on any atom is -0.321 e. The molecule has 22 heavy (non-hydrogen) atoms. The van der Waals surface area contributed by atoms with E-state index in [1.807, 2.05) is 20.0 Å². The highest BCUT2D eigenvalue weighted by Gasteiger charge is 2.14. The number of nitrogens with zero attached hydrogens (tertiary/aromatic N) is 3. The van der Waals surface area contributed by atoms with E-state index in [0.717, 1.165) is 16.7 Å². The number of carbonyl (C=O) groups is 1. The zero-order valence-electron chi connectivity index (χ0n) is 11.9. The molecule has 0 radical (unpaired) electrons. The molecule has 1 amide bonds. The van der Waals surface area contributed by atoms with E-state index in [1.54, 1.807) is 29.1 Å². The molecule has 0 unspecified atom stereocenters. The van der Waals surface area contributed by atoms with Crippen LogP contribution in [0.15, 0.2) is 30.5 Å². The van der Waals surface area contributed by atoms with Crippen molar-refractivity contribution in [1.29, 1.82) is 0 Å². The van der Waals surface area contributed by atoms with Gasteiger partial charge < -0.3 is 5.32 Å². The monoisotopic (exact) mass is 334 g/mol. The summed E-state index contributed by atoms with van der Waals surface area (Å²) in [5.41, 5.74) is 2.50. The van der Waals surface area contributed by atoms with Crippen molar-refractivity contribution in [1.82, 2.24) is 14.8 Å². The highest BCUT2D eigenvalue weighted by molar-refractivity contribution is 6.44. The molecule has 112 valence electrons. The second-order valence-electron chi connectivity index (χ2n) is 4.86. The van der Waals surface area contributed by atoms with E-state index in [4.69, 9.17) is 23.2 Å². The second-order valence-corrected chi connectivity index (χ2v) is 5.64. The molecule has 3 aromatic rings. The number of fused-ring (bicyclic) bond motifs is 1. The molecule has 0 aliphatic carbocycles. The van der Waals surface area contributed by atoms with Gasteiger partial charge in [-0.25, -0.2) is 4.98 Å². The molecule has 0 saturated heterocycles. The summed E-state index contributed by atoms with van der Waals surface area (Å²) in [5, 5.41) is 8.53. The Labute approximate surface area is 136 Å². The number of nitrogens with one attached hydrogen (secondary N) is 1. The number of anilines is 1. The third-order valence-corrected chi connectivity index (χ3v) is 4.14. The number of pyridine rings is 1. The van der Waals surface area contributed by atoms with E-state index in [1.165, 1.54) is 0 Å². The molecule has 2 aromatic heterocycles. The average Bonchev–Trinajstić information content (AvgIpc) is 2.76. The largest absolute Gasteiger partial charge is 0.321 e. The van der Waals surface area contributed by atoms with E-state index in [-0.39, 0.29) is 10.9 Å². The first-order valence-electron chi connectivity index (χ1n) is 6.52. The molecule has 2 heterocycles. The standard InChI is InChI=1S/C15H12Cl2N4O/c1-8-11-6-9(7-18-14(11)21(2)20-8)19-15(22)10-4-3-5-12(16)13(10)17/h3-7H,1-2H3,(H,19,22). The summed E-state index contributed by atoms with van der Waals surface area (Å²) >= 11 is 12.0. The predicted octanol–water partition coefficient (Wildman–Crippen LogP) is 3.84. The molecule has 0 atom stereocenters. The van der Waals surface area contributed by atoms with Crippen molar-refractivity contribution in [2.45, 2.75) is 6.92 Å². The van der Waals surface area contributed by atoms with E-state index in [9.17, 15) is 4.79 Å². The van der Waals surface area contributed by atoms with E-state index >= 15 is 0 Å². The smallest absolute Gasteiger partial charge is 0.257 e.